The fourth-order valence-electron chi connectivity index (χ4n) is 3.73. The molecule has 6 heteroatoms. The quantitative estimate of drug-likeness (QED) is 0.626. The van der Waals surface area contributed by atoms with E-state index in [4.69, 9.17) is 4.74 Å². The monoisotopic (exact) mass is 416 g/mol. The summed E-state index contributed by atoms with van der Waals surface area (Å²) in [7, 11) is 0. The first-order valence-corrected chi connectivity index (χ1v) is 10.7. The van der Waals surface area contributed by atoms with Crippen molar-refractivity contribution in [2.24, 2.45) is 0 Å². The first-order chi connectivity index (χ1) is 15.0. The van der Waals surface area contributed by atoms with Crippen molar-refractivity contribution >= 4 is 11.7 Å². The molecule has 4 rings (SSSR count). The molecule has 1 saturated heterocycles. The molecule has 0 radical (unpaired) electrons. The minimum atomic E-state index is 0.0969. The molecule has 160 valence electrons. The van der Waals surface area contributed by atoms with Crippen LogP contribution in [0.2, 0.25) is 0 Å². The molecule has 2 aromatic carbocycles. The fourth-order valence-corrected chi connectivity index (χ4v) is 3.73. The van der Waals surface area contributed by atoms with Crippen LogP contribution in [0.3, 0.4) is 0 Å². The van der Waals surface area contributed by atoms with E-state index in [1.54, 1.807) is 0 Å². The molecule has 0 spiro atoms. The van der Waals surface area contributed by atoms with Crippen molar-refractivity contribution in [2.75, 3.05) is 37.7 Å². The van der Waals surface area contributed by atoms with E-state index in [1.807, 2.05) is 73.3 Å². The Hall–Kier alpha value is -3.41. The predicted octanol–water partition coefficient (Wildman–Crippen LogP) is 4.12. The van der Waals surface area contributed by atoms with E-state index in [0.717, 1.165) is 47.0 Å². The summed E-state index contributed by atoms with van der Waals surface area (Å²) in [6.07, 6.45) is 0. The second-order valence-corrected chi connectivity index (χ2v) is 7.81. The lowest BCUT2D eigenvalue weighted by Gasteiger charge is -2.35. The molecule has 1 amide bonds. The molecule has 0 aliphatic carbocycles. The summed E-state index contributed by atoms with van der Waals surface area (Å²) in [6, 6.07) is 17.8. The molecule has 1 aliphatic heterocycles. The van der Waals surface area contributed by atoms with E-state index in [9.17, 15) is 4.79 Å². The Kier molecular flexibility index (Phi) is 6.16. The number of carbonyl (C=O) groups excluding carboxylic acids is 1. The van der Waals surface area contributed by atoms with Gasteiger partial charge < -0.3 is 14.5 Å². The highest BCUT2D eigenvalue weighted by Gasteiger charge is 2.23. The van der Waals surface area contributed by atoms with Gasteiger partial charge in [0.1, 0.15) is 5.75 Å². The van der Waals surface area contributed by atoms with Gasteiger partial charge in [0.05, 0.1) is 12.3 Å². The predicted molar refractivity (Wildman–Crippen MR) is 123 cm³/mol. The number of aromatic nitrogens is 2. The van der Waals surface area contributed by atoms with Gasteiger partial charge in [0.25, 0.3) is 5.91 Å². The Morgan fingerprint density at radius 2 is 1.65 bits per heavy atom. The molecule has 0 N–H and O–H groups in total. The number of hydrogen-bond acceptors (Lipinski definition) is 5. The van der Waals surface area contributed by atoms with Gasteiger partial charge in [-0.2, -0.15) is 0 Å². The van der Waals surface area contributed by atoms with Crippen LogP contribution in [0.5, 0.6) is 5.75 Å². The lowest BCUT2D eigenvalue weighted by atomic mass is 10.1. The number of piperazine rings is 1. The van der Waals surface area contributed by atoms with Gasteiger partial charge >= 0.3 is 0 Å². The minimum absolute atomic E-state index is 0.0969. The molecule has 0 bridgehead atoms. The zero-order valence-corrected chi connectivity index (χ0v) is 18.3. The van der Waals surface area contributed by atoms with Gasteiger partial charge in [-0.05, 0) is 80.4 Å². The maximum atomic E-state index is 12.8. The van der Waals surface area contributed by atoms with Crippen molar-refractivity contribution in [2.45, 2.75) is 20.8 Å². The number of rotatable bonds is 5. The van der Waals surface area contributed by atoms with Crippen molar-refractivity contribution in [1.29, 1.82) is 0 Å². The molecular formula is C25H28N4O2. The number of carbonyl (C=O) groups is 1. The van der Waals surface area contributed by atoms with E-state index in [1.165, 1.54) is 5.56 Å². The third-order valence-electron chi connectivity index (χ3n) is 5.76. The SMILES string of the molecule is CCOc1ccc(-c2ccc(N3CCN(C(=O)c4ccc(C)c(C)c4)CC3)nn2)cc1. The number of anilines is 1. The van der Waals surface area contributed by atoms with Crippen LogP contribution >= 0.6 is 0 Å². The highest BCUT2D eigenvalue weighted by Crippen LogP contribution is 2.22. The topological polar surface area (TPSA) is 58.6 Å². The zero-order valence-electron chi connectivity index (χ0n) is 18.3. The Morgan fingerprint density at radius 3 is 2.26 bits per heavy atom. The molecule has 0 atom stereocenters. The minimum Gasteiger partial charge on any atom is -0.494 e. The Balaban J connectivity index is 1.37. The summed E-state index contributed by atoms with van der Waals surface area (Å²) in [4.78, 5) is 16.9. The third-order valence-corrected chi connectivity index (χ3v) is 5.76. The summed E-state index contributed by atoms with van der Waals surface area (Å²) in [5.41, 5.74) is 4.94. The van der Waals surface area contributed by atoms with Gasteiger partial charge in [-0.3, -0.25) is 4.79 Å². The number of benzene rings is 2. The van der Waals surface area contributed by atoms with Crippen LogP contribution in [0.25, 0.3) is 11.3 Å². The summed E-state index contributed by atoms with van der Waals surface area (Å²) in [5.74, 6) is 1.79. The van der Waals surface area contributed by atoms with Crippen LogP contribution in [0.4, 0.5) is 5.82 Å². The average Bonchev–Trinajstić information content (AvgIpc) is 2.81. The molecule has 3 aromatic rings. The molecule has 2 heterocycles. The van der Waals surface area contributed by atoms with Crippen molar-refractivity contribution in [1.82, 2.24) is 15.1 Å². The summed E-state index contributed by atoms with van der Waals surface area (Å²) < 4.78 is 5.49. The van der Waals surface area contributed by atoms with Gasteiger partial charge in [0, 0.05) is 37.3 Å². The van der Waals surface area contributed by atoms with Crippen molar-refractivity contribution in [3.63, 3.8) is 0 Å². The van der Waals surface area contributed by atoms with Crippen LogP contribution in [-0.4, -0.2) is 53.8 Å². The number of nitrogens with zero attached hydrogens (tertiary/aromatic N) is 4. The fraction of sp³-hybridized carbons (Fsp3) is 0.320. The standard InChI is InChI=1S/C25H28N4O2/c1-4-31-22-9-7-20(8-10-22)23-11-12-24(27-26-23)28-13-15-29(16-14-28)25(30)21-6-5-18(2)19(3)17-21/h5-12,17H,4,13-16H2,1-3H3. The van der Waals surface area contributed by atoms with E-state index in [2.05, 4.69) is 22.0 Å². The van der Waals surface area contributed by atoms with Crippen LogP contribution in [-0.2, 0) is 0 Å². The summed E-state index contributed by atoms with van der Waals surface area (Å²) >= 11 is 0. The van der Waals surface area contributed by atoms with Crippen LogP contribution in [0.1, 0.15) is 28.4 Å². The van der Waals surface area contributed by atoms with E-state index in [-0.39, 0.29) is 5.91 Å². The largest absolute Gasteiger partial charge is 0.494 e. The second-order valence-electron chi connectivity index (χ2n) is 7.81. The highest BCUT2D eigenvalue weighted by molar-refractivity contribution is 5.94. The second kappa shape index (κ2) is 9.16. The molecule has 1 fully saturated rings. The lowest BCUT2D eigenvalue weighted by molar-refractivity contribution is 0.0746. The van der Waals surface area contributed by atoms with Crippen LogP contribution in [0.15, 0.2) is 54.6 Å². The molecule has 1 aromatic heterocycles. The van der Waals surface area contributed by atoms with Crippen molar-refractivity contribution in [3.05, 3.63) is 71.3 Å². The van der Waals surface area contributed by atoms with Gasteiger partial charge in [-0.1, -0.05) is 6.07 Å². The molecule has 0 saturated carbocycles. The van der Waals surface area contributed by atoms with Crippen molar-refractivity contribution in [3.8, 4) is 17.0 Å². The van der Waals surface area contributed by atoms with Crippen molar-refractivity contribution < 1.29 is 9.53 Å². The maximum absolute atomic E-state index is 12.8. The number of ether oxygens (including phenoxy) is 1. The Labute approximate surface area is 183 Å². The molecule has 6 nitrogen and oxygen atoms in total. The van der Waals surface area contributed by atoms with Gasteiger partial charge in [-0.15, -0.1) is 10.2 Å². The first-order valence-electron chi connectivity index (χ1n) is 10.7. The van der Waals surface area contributed by atoms with E-state index < -0.39 is 0 Å². The molecule has 0 unspecified atom stereocenters. The summed E-state index contributed by atoms with van der Waals surface area (Å²) in [6.45, 7) is 9.56. The van der Waals surface area contributed by atoms with E-state index >= 15 is 0 Å². The number of hydrogen-bond donors (Lipinski definition) is 0. The Morgan fingerprint density at radius 1 is 0.903 bits per heavy atom. The maximum Gasteiger partial charge on any atom is 0.253 e. The van der Waals surface area contributed by atoms with Crippen LogP contribution < -0.4 is 9.64 Å². The molecule has 1 aliphatic rings. The summed E-state index contributed by atoms with van der Waals surface area (Å²) in [5, 5.41) is 8.83. The van der Waals surface area contributed by atoms with Crippen LogP contribution in [0, 0.1) is 13.8 Å². The Bertz CT molecular complexity index is 1040. The normalized spacial score (nSPS) is 13.9. The number of aryl methyl sites for hydroxylation is 2. The van der Waals surface area contributed by atoms with Gasteiger partial charge in [0.2, 0.25) is 0 Å². The highest BCUT2D eigenvalue weighted by atomic mass is 16.5. The first kappa shape index (κ1) is 20.8. The average molecular weight is 417 g/mol. The van der Waals surface area contributed by atoms with Gasteiger partial charge in [0.15, 0.2) is 5.82 Å². The van der Waals surface area contributed by atoms with Gasteiger partial charge in [-0.25, -0.2) is 0 Å². The molecule has 31 heavy (non-hydrogen) atoms. The molecular weight excluding hydrogens is 388 g/mol. The smallest absolute Gasteiger partial charge is 0.253 e. The lowest BCUT2D eigenvalue weighted by Crippen LogP contribution is -2.49. The zero-order chi connectivity index (χ0) is 21.8. The van der Waals surface area contributed by atoms with E-state index in [0.29, 0.717) is 19.7 Å². The third kappa shape index (κ3) is 4.68. The number of amides is 1.